The maximum Gasteiger partial charge on any atom is 0.227 e. The fourth-order valence-corrected chi connectivity index (χ4v) is 1.59. The zero-order valence-corrected chi connectivity index (χ0v) is 10.0. The van der Waals surface area contributed by atoms with Crippen molar-refractivity contribution in [1.82, 2.24) is 0 Å². The second kappa shape index (κ2) is 5.68. The first-order valence-electron chi connectivity index (χ1n) is 5.93. The van der Waals surface area contributed by atoms with Crippen LogP contribution in [-0.4, -0.2) is 26.2 Å². The van der Waals surface area contributed by atoms with Gasteiger partial charge in [-0.05, 0) is 31.0 Å². The number of amides is 1. The van der Waals surface area contributed by atoms with Gasteiger partial charge in [0.15, 0.2) is 0 Å². The quantitative estimate of drug-likeness (QED) is 0.741. The zero-order chi connectivity index (χ0) is 12.1. The van der Waals surface area contributed by atoms with Crippen molar-refractivity contribution in [3.05, 3.63) is 24.3 Å². The minimum Gasteiger partial charge on any atom is -0.383 e. The van der Waals surface area contributed by atoms with Gasteiger partial charge in [0.1, 0.15) is 0 Å². The maximum absolute atomic E-state index is 11.6. The maximum atomic E-state index is 11.6. The molecule has 0 atom stereocenters. The highest BCUT2D eigenvalue weighted by Gasteiger charge is 2.29. The van der Waals surface area contributed by atoms with Crippen molar-refractivity contribution in [3.8, 4) is 0 Å². The Bertz CT molecular complexity index is 389. The molecule has 1 aliphatic rings. The van der Waals surface area contributed by atoms with Crippen LogP contribution >= 0.6 is 0 Å². The third-order valence-electron chi connectivity index (χ3n) is 2.71. The Labute approximate surface area is 101 Å². The number of carbonyl (C=O) groups excluding carboxylic acids is 1. The lowest BCUT2D eigenvalue weighted by Gasteiger charge is -2.08. The molecule has 0 bridgehead atoms. The summed E-state index contributed by atoms with van der Waals surface area (Å²) < 4.78 is 4.97. The summed E-state index contributed by atoms with van der Waals surface area (Å²) in [5.41, 5.74) is 1.85. The Hall–Kier alpha value is -1.55. The molecular weight excluding hydrogens is 216 g/mol. The van der Waals surface area contributed by atoms with Gasteiger partial charge in [-0.25, -0.2) is 0 Å². The van der Waals surface area contributed by atoms with E-state index in [9.17, 15) is 4.79 Å². The fraction of sp³-hybridized carbons (Fsp3) is 0.462. The molecule has 2 rings (SSSR count). The molecule has 92 valence electrons. The first-order chi connectivity index (χ1) is 8.29. The Morgan fingerprint density at radius 1 is 1.41 bits per heavy atom. The second-order valence-electron chi connectivity index (χ2n) is 4.26. The van der Waals surface area contributed by atoms with Crippen molar-refractivity contribution in [2.24, 2.45) is 5.92 Å². The molecule has 0 saturated heterocycles. The van der Waals surface area contributed by atoms with E-state index in [-0.39, 0.29) is 11.8 Å². The van der Waals surface area contributed by atoms with E-state index in [1.165, 1.54) is 0 Å². The van der Waals surface area contributed by atoms with Crippen molar-refractivity contribution in [1.29, 1.82) is 0 Å². The molecule has 1 saturated carbocycles. The Morgan fingerprint density at radius 3 is 2.88 bits per heavy atom. The second-order valence-corrected chi connectivity index (χ2v) is 4.26. The van der Waals surface area contributed by atoms with Crippen LogP contribution in [-0.2, 0) is 9.53 Å². The molecule has 1 aromatic carbocycles. The summed E-state index contributed by atoms with van der Waals surface area (Å²) in [4.78, 5) is 11.6. The van der Waals surface area contributed by atoms with E-state index < -0.39 is 0 Å². The largest absolute Gasteiger partial charge is 0.383 e. The summed E-state index contributed by atoms with van der Waals surface area (Å²) in [6, 6.07) is 7.75. The molecule has 2 N–H and O–H groups in total. The van der Waals surface area contributed by atoms with Gasteiger partial charge in [-0.1, -0.05) is 6.07 Å². The van der Waals surface area contributed by atoms with Gasteiger partial charge in [-0.3, -0.25) is 4.79 Å². The Kier molecular flexibility index (Phi) is 3.98. The normalized spacial score (nSPS) is 14.4. The molecule has 0 unspecified atom stereocenters. The number of ether oxygens (including phenoxy) is 1. The minimum absolute atomic E-state index is 0.138. The molecule has 0 aliphatic heterocycles. The monoisotopic (exact) mass is 234 g/mol. The number of methoxy groups -OCH3 is 1. The lowest BCUT2D eigenvalue weighted by molar-refractivity contribution is -0.117. The highest BCUT2D eigenvalue weighted by molar-refractivity contribution is 5.94. The van der Waals surface area contributed by atoms with Crippen LogP contribution < -0.4 is 10.6 Å². The van der Waals surface area contributed by atoms with Crippen LogP contribution in [0, 0.1) is 5.92 Å². The van der Waals surface area contributed by atoms with Crippen LogP contribution in [0.15, 0.2) is 24.3 Å². The fourth-order valence-electron chi connectivity index (χ4n) is 1.59. The van der Waals surface area contributed by atoms with E-state index in [0.29, 0.717) is 6.61 Å². The third kappa shape index (κ3) is 3.75. The third-order valence-corrected chi connectivity index (χ3v) is 2.71. The van der Waals surface area contributed by atoms with Gasteiger partial charge in [0.2, 0.25) is 5.91 Å². The number of rotatable bonds is 6. The van der Waals surface area contributed by atoms with Crippen LogP contribution in [0.3, 0.4) is 0 Å². The molecule has 0 aromatic heterocycles. The zero-order valence-electron chi connectivity index (χ0n) is 10.0. The molecule has 0 radical (unpaired) electrons. The molecule has 1 aliphatic carbocycles. The SMILES string of the molecule is COCCNc1cccc(NC(=O)C2CC2)c1. The average Bonchev–Trinajstić information content (AvgIpc) is 3.14. The van der Waals surface area contributed by atoms with Gasteiger partial charge in [-0.15, -0.1) is 0 Å². The van der Waals surface area contributed by atoms with Crippen molar-refractivity contribution >= 4 is 17.3 Å². The van der Waals surface area contributed by atoms with Gasteiger partial charge in [0.05, 0.1) is 6.61 Å². The summed E-state index contributed by atoms with van der Waals surface area (Å²) in [7, 11) is 1.67. The topological polar surface area (TPSA) is 50.4 Å². The summed E-state index contributed by atoms with van der Waals surface area (Å²) in [5, 5.41) is 6.15. The summed E-state index contributed by atoms with van der Waals surface area (Å²) >= 11 is 0. The minimum atomic E-state index is 0.138. The van der Waals surface area contributed by atoms with Crippen LogP contribution in [0.1, 0.15) is 12.8 Å². The van der Waals surface area contributed by atoms with Crippen molar-refractivity contribution in [2.75, 3.05) is 30.9 Å². The lowest BCUT2D eigenvalue weighted by atomic mass is 10.2. The summed E-state index contributed by atoms with van der Waals surface area (Å²) in [5.74, 6) is 0.374. The Balaban J connectivity index is 1.88. The van der Waals surface area contributed by atoms with Gasteiger partial charge in [-0.2, -0.15) is 0 Å². The smallest absolute Gasteiger partial charge is 0.227 e. The molecular formula is C13H18N2O2. The molecule has 1 fully saturated rings. The number of nitrogens with one attached hydrogen (secondary N) is 2. The average molecular weight is 234 g/mol. The van der Waals surface area contributed by atoms with Crippen LogP contribution in [0.4, 0.5) is 11.4 Å². The van der Waals surface area contributed by atoms with Crippen molar-refractivity contribution in [3.63, 3.8) is 0 Å². The molecule has 0 spiro atoms. The van der Waals surface area contributed by atoms with Gasteiger partial charge in [0.25, 0.3) is 0 Å². The predicted molar refractivity (Wildman–Crippen MR) is 68.2 cm³/mol. The van der Waals surface area contributed by atoms with Crippen LogP contribution in [0.2, 0.25) is 0 Å². The van der Waals surface area contributed by atoms with Gasteiger partial charge in [0, 0.05) is 30.9 Å². The number of anilines is 2. The van der Waals surface area contributed by atoms with Gasteiger partial charge >= 0.3 is 0 Å². The van der Waals surface area contributed by atoms with Gasteiger partial charge < -0.3 is 15.4 Å². The van der Waals surface area contributed by atoms with Crippen molar-refractivity contribution in [2.45, 2.75) is 12.8 Å². The van der Waals surface area contributed by atoms with Crippen molar-refractivity contribution < 1.29 is 9.53 Å². The Morgan fingerprint density at radius 2 is 2.18 bits per heavy atom. The lowest BCUT2D eigenvalue weighted by Crippen LogP contribution is -2.13. The molecule has 1 amide bonds. The van der Waals surface area contributed by atoms with E-state index in [2.05, 4.69) is 10.6 Å². The van der Waals surface area contributed by atoms with Crippen LogP contribution in [0.25, 0.3) is 0 Å². The first kappa shape index (κ1) is 11.9. The summed E-state index contributed by atoms with van der Waals surface area (Å²) in [6.45, 7) is 1.43. The van der Waals surface area contributed by atoms with E-state index in [1.807, 2.05) is 24.3 Å². The molecule has 0 heterocycles. The number of carbonyl (C=O) groups is 1. The number of hydrogen-bond donors (Lipinski definition) is 2. The standard InChI is InChI=1S/C13H18N2O2/c1-17-8-7-14-11-3-2-4-12(9-11)15-13(16)10-5-6-10/h2-4,9-10,14H,5-8H2,1H3,(H,15,16). The summed E-state index contributed by atoms with van der Waals surface area (Å²) in [6.07, 6.45) is 2.05. The van der Waals surface area contributed by atoms with E-state index in [1.54, 1.807) is 7.11 Å². The highest BCUT2D eigenvalue weighted by atomic mass is 16.5. The van der Waals surface area contributed by atoms with Crippen LogP contribution in [0.5, 0.6) is 0 Å². The molecule has 4 heteroatoms. The van der Waals surface area contributed by atoms with E-state index in [0.717, 1.165) is 30.8 Å². The molecule has 17 heavy (non-hydrogen) atoms. The number of benzene rings is 1. The molecule has 4 nitrogen and oxygen atoms in total. The first-order valence-corrected chi connectivity index (χ1v) is 5.93. The molecule has 1 aromatic rings. The predicted octanol–water partition coefficient (Wildman–Crippen LogP) is 2.09. The number of hydrogen-bond acceptors (Lipinski definition) is 3. The highest BCUT2D eigenvalue weighted by Crippen LogP contribution is 2.30. The van der Waals surface area contributed by atoms with E-state index >= 15 is 0 Å². The van der Waals surface area contributed by atoms with E-state index in [4.69, 9.17) is 4.74 Å².